The van der Waals surface area contributed by atoms with Gasteiger partial charge in [-0.25, -0.2) is 9.97 Å². The van der Waals surface area contributed by atoms with Gasteiger partial charge in [-0.3, -0.25) is 4.98 Å². The number of hydrogen-bond acceptors (Lipinski definition) is 4. The summed E-state index contributed by atoms with van der Waals surface area (Å²) < 4.78 is 14.6. The summed E-state index contributed by atoms with van der Waals surface area (Å²) in [5, 5.41) is 3.59. The standard InChI is InChI=1S/C35H24N3OP/c39-40(29-12-6-2-7-13-29,30-14-8-3-9-15-30)33-23-20-28(24-36-33)32-22-19-27-17-16-26-18-21-31(25-10-4-1-5-11-25)37-34(26)35(27)38-32/h1-24H. The molecule has 0 amide bonds. The van der Waals surface area contributed by atoms with Gasteiger partial charge in [0.15, 0.2) is 7.14 Å². The van der Waals surface area contributed by atoms with E-state index in [1.165, 1.54) is 0 Å². The van der Waals surface area contributed by atoms with E-state index in [0.29, 0.717) is 5.44 Å². The molecule has 3 aromatic heterocycles. The molecule has 0 unspecified atom stereocenters. The van der Waals surface area contributed by atoms with Crippen molar-refractivity contribution in [2.45, 2.75) is 0 Å². The summed E-state index contributed by atoms with van der Waals surface area (Å²) in [6.45, 7) is 0. The summed E-state index contributed by atoms with van der Waals surface area (Å²) in [6.07, 6.45) is 1.77. The zero-order valence-electron chi connectivity index (χ0n) is 21.6. The Morgan fingerprint density at radius 3 is 1.43 bits per heavy atom. The Hall–Kier alpha value is -4.92. The van der Waals surface area contributed by atoms with E-state index in [1.807, 2.05) is 103 Å². The van der Waals surface area contributed by atoms with Crippen molar-refractivity contribution >= 4 is 45.0 Å². The van der Waals surface area contributed by atoms with Crippen LogP contribution in [0.5, 0.6) is 0 Å². The van der Waals surface area contributed by atoms with Crippen LogP contribution in [0.4, 0.5) is 0 Å². The van der Waals surface area contributed by atoms with E-state index in [9.17, 15) is 4.57 Å². The molecule has 5 heteroatoms. The van der Waals surface area contributed by atoms with Crippen LogP contribution in [0.15, 0.2) is 146 Å². The van der Waals surface area contributed by atoms with E-state index >= 15 is 0 Å². The summed E-state index contributed by atoms with van der Waals surface area (Å²) in [7, 11) is -3.14. The first-order valence-electron chi connectivity index (χ1n) is 13.1. The summed E-state index contributed by atoms with van der Waals surface area (Å²) in [4.78, 5) is 14.8. The molecule has 7 aromatic rings. The number of benzene rings is 4. The quantitative estimate of drug-likeness (QED) is 0.174. The van der Waals surface area contributed by atoms with Gasteiger partial charge in [-0.1, -0.05) is 115 Å². The number of pyridine rings is 3. The molecule has 7 rings (SSSR count). The fourth-order valence-electron chi connectivity index (χ4n) is 5.11. The molecule has 0 bridgehead atoms. The molecule has 4 nitrogen and oxygen atoms in total. The van der Waals surface area contributed by atoms with Gasteiger partial charge in [-0.15, -0.1) is 0 Å². The lowest BCUT2D eigenvalue weighted by Gasteiger charge is -2.19. The molecule has 0 aliphatic rings. The highest BCUT2D eigenvalue weighted by Crippen LogP contribution is 2.41. The second-order valence-corrected chi connectivity index (χ2v) is 12.4. The molecular formula is C35H24N3OP. The highest BCUT2D eigenvalue weighted by molar-refractivity contribution is 7.85. The first kappa shape index (κ1) is 24.1. The molecule has 0 spiro atoms. The monoisotopic (exact) mass is 533 g/mol. The van der Waals surface area contributed by atoms with Gasteiger partial charge in [-0.05, 0) is 24.3 Å². The molecule has 190 valence electrons. The second-order valence-electron chi connectivity index (χ2n) is 9.65. The topological polar surface area (TPSA) is 55.7 Å². The van der Waals surface area contributed by atoms with E-state index in [4.69, 9.17) is 15.0 Å². The lowest BCUT2D eigenvalue weighted by molar-refractivity contribution is 0.592. The molecule has 0 fully saturated rings. The predicted octanol–water partition coefficient (Wildman–Crippen LogP) is 7.15. The summed E-state index contributed by atoms with van der Waals surface area (Å²) in [5.74, 6) is 0. The Labute approximate surface area is 232 Å². The molecule has 0 aliphatic heterocycles. The van der Waals surface area contributed by atoms with Gasteiger partial charge in [0.2, 0.25) is 0 Å². The highest BCUT2D eigenvalue weighted by Gasteiger charge is 2.31. The Kier molecular flexibility index (Phi) is 6.03. The van der Waals surface area contributed by atoms with Gasteiger partial charge in [0.05, 0.1) is 22.4 Å². The summed E-state index contributed by atoms with van der Waals surface area (Å²) in [5.41, 5.74) is 5.89. The minimum atomic E-state index is -3.14. The fraction of sp³-hybridized carbons (Fsp3) is 0. The maximum absolute atomic E-state index is 14.6. The van der Waals surface area contributed by atoms with E-state index in [0.717, 1.165) is 54.9 Å². The van der Waals surface area contributed by atoms with Gasteiger partial charge >= 0.3 is 0 Å². The second kappa shape index (κ2) is 10.00. The molecule has 4 aromatic carbocycles. The van der Waals surface area contributed by atoms with E-state index in [-0.39, 0.29) is 0 Å². The Balaban J connectivity index is 1.33. The average Bonchev–Trinajstić information content (AvgIpc) is 3.05. The van der Waals surface area contributed by atoms with Crippen LogP contribution in [0.1, 0.15) is 0 Å². The van der Waals surface area contributed by atoms with Crippen LogP contribution in [-0.2, 0) is 4.57 Å². The summed E-state index contributed by atoms with van der Waals surface area (Å²) >= 11 is 0. The van der Waals surface area contributed by atoms with Crippen LogP contribution in [0.3, 0.4) is 0 Å². The number of rotatable bonds is 5. The number of hydrogen-bond donors (Lipinski definition) is 0. The van der Waals surface area contributed by atoms with Gasteiger partial charge in [0.1, 0.15) is 5.44 Å². The first-order valence-corrected chi connectivity index (χ1v) is 14.8. The maximum Gasteiger partial charge on any atom is 0.188 e. The molecular weight excluding hydrogens is 509 g/mol. The van der Waals surface area contributed by atoms with E-state index < -0.39 is 7.14 Å². The molecule has 0 radical (unpaired) electrons. The molecule has 0 N–H and O–H groups in total. The van der Waals surface area contributed by atoms with Crippen molar-refractivity contribution in [1.82, 2.24) is 15.0 Å². The van der Waals surface area contributed by atoms with Crippen molar-refractivity contribution in [3.63, 3.8) is 0 Å². The largest absolute Gasteiger partial charge is 0.307 e. The lowest BCUT2D eigenvalue weighted by atomic mass is 10.1. The molecule has 0 aliphatic carbocycles. The predicted molar refractivity (Wildman–Crippen MR) is 165 cm³/mol. The van der Waals surface area contributed by atoms with Crippen LogP contribution >= 0.6 is 7.14 Å². The minimum absolute atomic E-state index is 0.550. The average molecular weight is 534 g/mol. The molecule has 3 heterocycles. The normalized spacial score (nSPS) is 11.6. The Bertz CT molecular complexity index is 1970. The van der Waals surface area contributed by atoms with E-state index in [2.05, 4.69) is 36.4 Å². The Morgan fingerprint density at radius 2 is 0.925 bits per heavy atom. The third-order valence-electron chi connectivity index (χ3n) is 7.20. The van der Waals surface area contributed by atoms with Gasteiger partial charge in [0.25, 0.3) is 0 Å². The van der Waals surface area contributed by atoms with Crippen molar-refractivity contribution in [1.29, 1.82) is 0 Å². The smallest absolute Gasteiger partial charge is 0.188 e. The number of fused-ring (bicyclic) bond motifs is 3. The summed E-state index contributed by atoms with van der Waals surface area (Å²) in [6, 6.07) is 45.6. The highest BCUT2D eigenvalue weighted by atomic mass is 31.2. The zero-order chi connectivity index (χ0) is 26.9. The lowest BCUT2D eigenvalue weighted by Crippen LogP contribution is -2.26. The Morgan fingerprint density at radius 1 is 0.450 bits per heavy atom. The first-order chi connectivity index (χ1) is 19.7. The van der Waals surface area contributed by atoms with Crippen molar-refractivity contribution in [3.8, 4) is 22.5 Å². The van der Waals surface area contributed by atoms with Crippen LogP contribution in [0.2, 0.25) is 0 Å². The third kappa shape index (κ3) is 4.20. The number of nitrogens with zero attached hydrogens (tertiary/aromatic N) is 3. The SMILES string of the molecule is O=P(c1ccccc1)(c1ccccc1)c1ccc(-c2ccc3ccc4ccc(-c5ccccc5)nc4c3n2)cn1. The number of aromatic nitrogens is 3. The fourth-order valence-corrected chi connectivity index (χ4v) is 7.63. The van der Waals surface area contributed by atoms with Crippen LogP contribution in [-0.4, -0.2) is 15.0 Å². The third-order valence-corrected chi connectivity index (χ3v) is 10.2. The van der Waals surface area contributed by atoms with E-state index in [1.54, 1.807) is 6.20 Å². The van der Waals surface area contributed by atoms with Gasteiger partial charge in [0, 0.05) is 38.7 Å². The minimum Gasteiger partial charge on any atom is -0.307 e. The van der Waals surface area contributed by atoms with Crippen molar-refractivity contribution in [3.05, 3.63) is 146 Å². The van der Waals surface area contributed by atoms with Crippen molar-refractivity contribution in [2.24, 2.45) is 0 Å². The maximum atomic E-state index is 14.6. The molecule has 0 atom stereocenters. The van der Waals surface area contributed by atoms with Crippen LogP contribution in [0.25, 0.3) is 44.3 Å². The van der Waals surface area contributed by atoms with Crippen LogP contribution in [0, 0.1) is 0 Å². The van der Waals surface area contributed by atoms with Crippen molar-refractivity contribution < 1.29 is 4.57 Å². The van der Waals surface area contributed by atoms with Crippen LogP contribution < -0.4 is 16.0 Å². The molecule has 40 heavy (non-hydrogen) atoms. The molecule has 0 saturated carbocycles. The van der Waals surface area contributed by atoms with Gasteiger partial charge < -0.3 is 4.57 Å². The van der Waals surface area contributed by atoms with Crippen molar-refractivity contribution in [2.75, 3.05) is 0 Å². The molecule has 0 saturated heterocycles. The van der Waals surface area contributed by atoms with Gasteiger partial charge in [-0.2, -0.15) is 0 Å². The zero-order valence-corrected chi connectivity index (χ0v) is 22.4.